The summed E-state index contributed by atoms with van der Waals surface area (Å²) in [5, 5.41) is 2.66. The first-order chi connectivity index (χ1) is 12.3. The lowest BCUT2D eigenvalue weighted by Crippen LogP contribution is -2.24. The number of benzene rings is 2. The highest BCUT2D eigenvalue weighted by atomic mass is 79.9. The van der Waals surface area contributed by atoms with E-state index in [-0.39, 0.29) is 17.4 Å². The van der Waals surface area contributed by atoms with E-state index < -0.39 is 10.0 Å². The van der Waals surface area contributed by atoms with Crippen molar-refractivity contribution in [3.05, 3.63) is 51.4 Å². The number of hydrogen-bond donors (Lipinski definition) is 2. The standard InChI is InChI=1S/C17H18Br2N2O4S/c1-2-9-20-26(23,24)14-6-4-13(5-7-14)21-17(22)11-25-16-8-3-12(18)10-15(16)19/h3-8,10,20H,2,9,11H2,1H3,(H,21,22). The van der Waals surface area contributed by atoms with E-state index in [4.69, 9.17) is 4.74 Å². The van der Waals surface area contributed by atoms with E-state index in [2.05, 4.69) is 41.9 Å². The summed E-state index contributed by atoms with van der Waals surface area (Å²) in [5.74, 6) is 0.200. The van der Waals surface area contributed by atoms with Crippen LogP contribution in [0.4, 0.5) is 5.69 Å². The van der Waals surface area contributed by atoms with Gasteiger partial charge in [-0.15, -0.1) is 0 Å². The number of nitrogens with one attached hydrogen (secondary N) is 2. The number of sulfonamides is 1. The average molecular weight is 506 g/mol. The average Bonchev–Trinajstić information content (AvgIpc) is 2.60. The van der Waals surface area contributed by atoms with Gasteiger partial charge in [-0.25, -0.2) is 13.1 Å². The molecule has 0 aliphatic rings. The molecule has 0 saturated heterocycles. The van der Waals surface area contributed by atoms with Crippen molar-refractivity contribution in [3.63, 3.8) is 0 Å². The van der Waals surface area contributed by atoms with Crippen molar-refractivity contribution < 1.29 is 17.9 Å². The van der Waals surface area contributed by atoms with E-state index in [1.54, 1.807) is 6.07 Å². The van der Waals surface area contributed by atoms with Crippen LogP contribution in [-0.2, 0) is 14.8 Å². The van der Waals surface area contributed by atoms with Crippen LogP contribution in [0.25, 0.3) is 0 Å². The Morgan fingerprint density at radius 1 is 1.12 bits per heavy atom. The molecule has 0 unspecified atom stereocenters. The van der Waals surface area contributed by atoms with Gasteiger partial charge in [0.25, 0.3) is 5.91 Å². The molecule has 2 rings (SSSR count). The van der Waals surface area contributed by atoms with Gasteiger partial charge in [0, 0.05) is 16.7 Å². The summed E-state index contributed by atoms with van der Waals surface area (Å²) in [7, 11) is -3.52. The molecule has 140 valence electrons. The molecule has 0 spiro atoms. The van der Waals surface area contributed by atoms with Crippen LogP contribution in [0.5, 0.6) is 5.75 Å². The fourth-order valence-electron chi connectivity index (χ4n) is 1.97. The number of anilines is 1. The SMILES string of the molecule is CCCNS(=O)(=O)c1ccc(NC(=O)COc2ccc(Br)cc2Br)cc1. The molecule has 9 heteroatoms. The third kappa shape index (κ3) is 6.08. The molecule has 0 atom stereocenters. The van der Waals surface area contributed by atoms with Crippen molar-refractivity contribution in [2.24, 2.45) is 0 Å². The number of ether oxygens (including phenoxy) is 1. The molecule has 0 fully saturated rings. The van der Waals surface area contributed by atoms with Gasteiger partial charge in [-0.2, -0.15) is 0 Å². The monoisotopic (exact) mass is 504 g/mol. The van der Waals surface area contributed by atoms with Crippen LogP contribution in [-0.4, -0.2) is 27.5 Å². The topological polar surface area (TPSA) is 84.5 Å². The number of amides is 1. The van der Waals surface area contributed by atoms with Crippen molar-refractivity contribution in [1.82, 2.24) is 4.72 Å². The Bertz CT molecular complexity index is 871. The Hall–Kier alpha value is -1.42. The van der Waals surface area contributed by atoms with E-state index in [9.17, 15) is 13.2 Å². The minimum atomic E-state index is -3.52. The first kappa shape index (κ1) is 20.9. The number of carbonyl (C=O) groups is 1. The lowest BCUT2D eigenvalue weighted by Gasteiger charge is -2.10. The second kappa shape index (κ2) is 9.50. The Balaban J connectivity index is 1.93. The molecule has 26 heavy (non-hydrogen) atoms. The maximum atomic E-state index is 12.0. The number of hydrogen-bond acceptors (Lipinski definition) is 4. The zero-order valence-corrected chi connectivity index (χ0v) is 17.9. The maximum Gasteiger partial charge on any atom is 0.262 e. The summed E-state index contributed by atoms with van der Waals surface area (Å²) in [5.41, 5.74) is 0.489. The summed E-state index contributed by atoms with van der Waals surface area (Å²) >= 11 is 6.70. The summed E-state index contributed by atoms with van der Waals surface area (Å²) in [4.78, 5) is 12.1. The highest BCUT2D eigenvalue weighted by Gasteiger charge is 2.13. The Kier molecular flexibility index (Phi) is 7.63. The van der Waals surface area contributed by atoms with Gasteiger partial charge < -0.3 is 10.1 Å². The summed E-state index contributed by atoms with van der Waals surface area (Å²) in [6.07, 6.45) is 0.710. The fourth-order valence-corrected chi connectivity index (χ4v) is 4.27. The van der Waals surface area contributed by atoms with Gasteiger partial charge in [0.15, 0.2) is 6.61 Å². The zero-order valence-electron chi connectivity index (χ0n) is 14.0. The minimum Gasteiger partial charge on any atom is -0.483 e. The second-order valence-electron chi connectivity index (χ2n) is 5.33. The summed E-state index contributed by atoms with van der Waals surface area (Å²) in [6.45, 7) is 2.10. The van der Waals surface area contributed by atoms with Gasteiger partial charge in [-0.05, 0) is 64.8 Å². The quantitative estimate of drug-likeness (QED) is 0.569. The van der Waals surface area contributed by atoms with Gasteiger partial charge >= 0.3 is 0 Å². The van der Waals surface area contributed by atoms with E-state index in [1.807, 2.05) is 19.1 Å². The van der Waals surface area contributed by atoms with Gasteiger partial charge in [-0.1, -0.05) is 22.9 Å². The fraction of sp³-hybridized carbons (Fsp3) is 0.235. The molecule has 0 bridgehead atoms. The van der Waals surface area contributed by atoms with Gasteiger partial charge in [-0.3, -0.25) is 4.79 Å². The smallest absolute Gasteiger partial charge is 0.262 e. The third-order valence-corrected chi connectivity index (χ3v) is 5.83. The largest absolute Gasteiger partial charge is 0.483 e. The van der Waals surface area contributed by atoms with Gasteiger partial charge in [0.05, 0.1) is 9.37 Å². The molecule has 6 nitrogen and oxygen atoms in total. The van der Waals surface area contributed by atoms with Gasteiger partial charge in [0.2, 0.25) is 10.0 Å². The van der Waals surface area contributed by atoms with Crippen molar-refractivity contribution in [2.75, 3.05) is 18.5 Å². The number of rotatable bonds is 8. The molecule has 2 aromatic carbocycles. The van der Waals surface area contributed by atoms with E-state index in [1.165, 1.54) is 24.3 Å². The predicted molar refractivity (Wildman–Crippen MR) is 108 cm³/mol. The van der Waals surface area contributed by atoms with Crippen molar-refractivity contribution in [1.29, 1.82) is 0 Å². The van der Waals surface area contributed by atoms with E-state index in [0.717, 1.165) is 8.95 Å². The van der Waals surface area contributed by atoms with Crippen molar-refractivity contribution in [3.8, 4) is 5.75 Å². The molecular weight excluding hydrogens is 488 g/mol. The molecular formula is C17H18Br2N2O4S. The highest BCUT2D eigenvalue weighted by molar-refractivity contribution is 9.11. The minimum absolute atomic E-state index is 0.152. The molecule has 0 aliphatic heterocycles. The zero-order chi connectivity index (χ0) is 19.2. The molecule has 0 saturated carbocycles. The molecule has 0 aromatic heterocycles. The van der Waals surface area contributed by atoms with Crippen molar-refractivity contribution >= 4 is 53.5 Å². The summed E-state index contributed by atoms with van der Waals surface area (Å²) in [6, 6.07) is 11.3. The van der Waals surface area contributed by atoms with E-state index >= 15 is 0 Å². The van der Waals surface area contributed by atoms with Crippen LogP contribution in [0.15, 0.2) is 56.3 Å². The van der Waals surface area contributed by atoms with Crippen LogP contribution < -0.4 is 14.8 Å². The van der Waals surface area contributed by atoms with Crippen LogP contribution in [0, 0.1) is 0 Å². The Labute approximate surface area is 169 Å². The second-order valence-corrected chi connectivity index (χ2v) is 8.87. The van der Waals surface area contributed by atoms with Gasteiger partial charge in [0.1, 0.15) is 5.75 Å². The first-order valence-electron chi connectivity index (χ1n) is 7.79. The molecule has 2 aromatic rings. The normalized spacial score (nSPS) is 11.2. The Morgan fingerprint density at radius 3 is 2.42 bits per heavy atom. The molecule has 0 radical (unpaired) electrons. The summed E-state index contributed by atoms with van der Waals surface area (Å²) < 4.78 is 33.6. The molecule has 2 N–H and O–H groups in total. The van der Waals surface area contributed by atoms with Crippen LogP contribution in [0.2, 0.25) is 0 Å². The Morgan fingerprint density at radius 2 is 1.81 bits per heavy atom. The molecule has 0 heterocycles. The highest BCUT2D eigenvalue weighted by Crippen LogP contribution is 2.28. The predicted octanol–water partition coefficient (Wildman–Crippen LogP) is 3.92. The first-order valence-corrected chi connectivity index (χ1v) is 10.9. The molecule has 1 amide bonds. The van der Waals surface area contributed by atoms with Crippen LogP contribution in [0.3, 0.4) is 0 Å². The number of halogens is 2. The molecule has 0 aliphatic carbocycles. The number of carbonyl (C=O) groups excluding carboxylic acids is 1. The van der Waals surface area contributed by atoms with Crippen LogP contribution in [0.1, 0.15) is 13.3 Å². The maximum absolute atomic E-state index is 12.0. The lowest BCUT2D eigenvalue weighted by molar-refractivity contribution is -0.118. The third-order valence-electron chi connectivity index (χ3n) is 3.24. The van der Waals surface area contributed by atoms with Crippen molar-refractivity contribution in [2.45, 2.75) is 18.2 Å². The van der Waals surface area contributed by atoms with Crippen LogP contribution >= 0.6 is 31.9 Å². The lowest BCUT2D eigenvalue weighted by atomic mass is 10.3. The van der Waals surface area contributed by atoms with E-state index in [0.29, 0.717) is 24.4 Å².